The molecule has 14 heavy (non-hydrogen) atoms. The highest BCUT2D eigenvalue weighted by Crippen LogP contribution is 2.14. The van der Waals surface area contributed by atoms with Crippen molar-refractivity contribution in [1.82, 2.24) is 9.78 Å². The molecule has 1 saturated heterocycles. The molecule has 0 aliphatic carbocycles. The molecule has 1 aromatic heterocycles. The minimum absolute atomic E-state index is 0.671. The molecule has 0 amide bonds. The second-order valence-corrected chi connectivity index (χ2v) is 3.47. The minimum atomic E-state index is 0.671. The van der Waals surface area contributed by atoms with Crippen LogP contribution in [-0.4, -0.2) is 23.0 Å². The third-order valence-electron chi connectivity index (χ3n) is 2.23. The van der Waals surface area contributed by atoms with Crippen molar-refractivity contribution < 1.29 is 4.74 Å². The normalized spacial score (nSPS) is 20.4. The number of aromatic nitrogens is 2. The molecule has 0 bridgehead atoms. The summed E-state index contributed by atoms with van der Waals surface area (Å²) >= 11 is 0. The smallest absolute Gasteiger partial charge is 0.0518 e. The highest BCUT2D eigenvalue weighted by atomic mass is 16.5. The Balaban J connectivity index is 0.000000461. The van der Waals surface area contributed by atoms with Gasteiger partial charge in [-0.25, -0.2) is 0 Å². The summed E-state index contributed by atoms with van der Waals surface area (Å²) in [5.74, 6) is 0.671. The van der Waals surface area contributed by atoms with E-state index >= 15 is 0 Å². The molecule has 0 saturated carbocycles. The second-order valence-electron chi connectivity index (χ2n) is 3.47. The zero-order valence-corrected chi connectivity index (χ0v) is 9.36. The van der Waals surface area contributed by atoms with Gasteiger partial charge in [0.1, 0.15) is 0 Å². The number of aryl methyl sites for hydroxylation is 1. The van der Waals surface area contributed by atoms with E-state index in [-0.39, 0.29) is 0 Å². The fourth-order valence-electron chi connectivity index (χ4n) is 1.56. The molecule has 0 aromatic carbocycles. The molecule has 2 heterocycles. The van der Waals surface area contributed by atoms with Gasteiger partial charge in [-0.15, -0.1) is 0 Å². The van der Waals surface area contributed by atoms with Gasteiger partial charge in [-0.2, -0.15) is 5.10 Å². The molecule has 1 aliphatic heterocycles. The lowest BCUT2D eigenvalue weighted by atomic mass is 10.1. The number of hydrogen-bond acceptors (Lipinski definition) is 2. The van der Waals surface area contributed by atoms with Crippen molar-refractivity contribution in [3.8, 4) is 0 Å². The number of nitrogens with zero attached hydrogens (tertiary/aromatic N) is 2. The molecule has 0 spiro atoms. The van der Waals surface area contributed by atoms with Gasteiger partial charge in [0.2, 0.25) is 0 Å². The van der Waals surface area contributed by atoms with Crippen molar-refractivity contribution in [3.05, 3.63) is 18.0 Å². The van der Waals surface area contributed by atoms with Gasteiger partial charge < -0.3 is 4.74 Å². The molecule has 3 nitrogen and oxygen atoms in total. The first-order valence-corrected chi connectivity index (χ1v) is 5.41. The predicted octanol–water partition coefficient (Wildman–Crippen LogP) is 2.25. The van der Waals surface area contributed by atoms with Gasteiger partial charge in [0.05, 0.1) is 12.8 Å². The Bertz CT molecular complexity index is 252. The largest absolute Gasteiger partial charge is 0.381 e. The number of hydrogen-bond donors (Lipinski definition) is 0. The molecule has 0 radical (unpaired) electrons. The Morgan fingerprint density at radius 3 is 2.86 bits per heavy atom. The fraction of sp³-hybridized carbons (Fsp3) is 0.727. The van der Waals surface area contributed by atoms with E-state index in [1.165, 1.54) is 12.0 Å². The van der Waals surface area contributed by atoms with Gasteiger partial charge in [0.25, 0.3) is 0 Å². The first-order valence-electron chi connectivity index (χ1n) is 5.41. The lowest BCUT2D eigenvalue weighted by Gasteiger charge is -2.06. The van der Waals surface area contributed by atoms with E-state index in [4.69, 9.17) is 4.74 Å². The predicted molar refractivity (Wildman–Crippen MR) is 57.2 cm³/mol. The van der Waals surface area contributed by atoms with E-state index in [0.717, 1.165) is 19.8 Å². The van der Waals surface area contributed by atoms with Crippen molar-refractivity contribution in [2.24, 2.45) is 5.92 Å². The maximum absolute atomic E-state index is 5.29. The van der Waals surface area contributed by atoms with Gasteiger partial charge in [0, 0.05) is 25.3 Å². The molecule has 80 valence electrons. The highest BCUT2D eigenvalue weighted by Gasteiger charge is 2.15. The fourth-order valence-corrected chi connectivity index (χ4v) is 1.56. The zero-order valence-electron chi connectivity index (χ0n) is 9.36. The highest BCUT2D eigenvalue weighted by molar-refractivity contribution is 4.99. The SMILES string of the molecule is CC.Cc1cnn(CC2CCOC2)c1. The standard InChI is InChI=1S/C9H14N2O.C2H6/c1-8-4-10-11(5-8)6-9-2-3-12-7-9;1-2/h4-5,9H,2-3,6-7H2,1H3;1-2H3. The summed E-state index contributed by atoms with van der Waals surface area (Å²) in [6.45, 7) is 8.90. The van der Waals surface area contributed by atoms with E-state index in [1.807, 2.05) is 24.7 Å². The molecule has 0 N–H and O–H groups in total. The van der Waals surface area contributed by atoms with Gasteiger partial charge in [0.15, 0.2) is 0 Å². The van der Waals surface area contributed by atoms with E-state index in [0.29, 0.717) is 5.92 Å². The van der Waals surface area contributed by atoms with Crippen LogP contribution in [0.15, 0.2) is 12.4 Å². The van der Waals surface area contributed by atoms with Crippen LogP contribution in [0.3, 0.4) is 0 Å². The van der Waals surface area contributed by atoms with Crippen LogP contribution in [-0.2, 0) is 11.3 Å². The lowest BCUT2D eigenvalue weighted by Crippen LogP contribution is -2.10. The molecule has 1 fully saturated rings. The summed E-state index contributed by atoms with van der Waals surface area (Å²) in [5, 5.41) is 4.24. The Hall–Kier alpha value is -0.830. The molecular weight excluding hydrogens is 176 g/mol. The van der Waals surface area contributed by atoms with Crippen LogP contribution in [0.2, 0.25) is 0 Å². The van der Waals surface area contributed by atoms with Crippen molar-refractivity contribution in [2.45, 2.75) is 33.7 Å². The van der Waals surface area contributed by atoms with Crippen LogP contribution in [0.4, 0.5) is 0 Å². The topological polar surface area (TPSA) is 27.1 Å². The molecule has 3 heteroatoms. The molecule has 1 unspecified atom stereocenters. The number of rotatable bonds is 2. The Labute approximate surface area is 86.1 Å². The van der Waals surface area contributed by atoms with Gasteiger partial charge in [-0.05, 0) is 18.9 Å². The molecular formula is C11H20N2O. The maximum Gasteiger partial charge on any atom is 0.0518 e. The minimum Gasteiger partial charge on any atom is -0.381 e. The molecule has 1 aliphatic rings. The summed E-state index contributed by atoms with van der Waals surface area (Å²) in [5.41, 5.74) is 1.23. The van der Waals surface area contributed by atoms with Crippen LogP contribution in [0.25, 0.3) is 0 Å². The molecule has 1 aromatic rings. The molecule has 2 rings (SSSR count). The van der Waals surface area contributed by atoms with E-state index in [2.05, 4.69) is 18.2 Å². The second kappa shape index (κ2) is 5.81. The number of ether oxygens (including phenoxy) is 1. The zero-order chi connectivity index (χ0) is 10.4. The van der Waals surface area contributed by atoms with Crippen molar-refractivity contribution in [3.63, 3.8) is 0 Å². The van der Waals surface area contributed by atoms with Crippen LogP contribution in [0.1, 0.15) is 25.8 Å². The lowest BCUT2D eigenvalue weighted by molar-refractivity contribution is 0.181. The maximum atomic E-state index is 5.29. The van der Waals surface area contributed by atoms with E-state index < -0.39 is 0 Å². The summed E-state index contributed by atoms with van der Waals surface area (Å²) in [7, 11) is 0. The van der Waals surface area contributed by atoms with Crippen LogP contribution in [0.5, 0.6) is 0 Å². The van der Waals surface area contributed by atoms with Crippen molar-refractivity contribution in [2.75, 3.05) is 13.2 Å². The summed E-state index contributed by atoms with van der Waals surface area (Å²) in [4.78, 5) is 0. The quantitative estimate of drug-likeness (QED) is 0.725. The Morgan fingerprint density at radius 1 is 1.57 bits per heavy atom. The van der Waals surface area contributed by atoms with Crippen LogP contribution >= 0.6 is 0 Å². The summed E-state index contributed by atoms with van der Waals surface area (Å²) in [6.07, 6.45) is 5.16. The first-order chi connectivity index (χ1) is 6.84. The van der Waals surface area contributed by atoms with E-state index in [1.54, 1.807) is 0 Å². The first kappa shape index (κ1) is 11.2. The average Bonchev–Trinajstić information content (AvgIpc) is 2.82. The van der Waals surface area contributed by atoms with Gasteiger partial charge in [-0.1, -0.05) is 13.8 Å². The van der Waals surface area contributed by atoms with Crippen molar-refractivity contribution >= 4 is 0 Å². The monoisotopic (exact) mass is 196 g/mol. The summed E-state index contributed by atoms with van der Waals surface area (Å²) in [6, 6.07) is 0. The van der Waals surface area contributed by atoms with Crippen molar-refractivity contribution in [1.29, 1.82) is 0 Å². The molecule has 1 atom stereocenters. The third kappa shape index (κ3) is 3.14. The van der Waals surface area contributed by atoms with E-state index in [9.17, 15) is 0 Å². The van der Waals surface area contributed by atoms with Crippen LogP contribution < -0.4 is 0 Å². The Kier molecular flexibility index (Phi) is 4.66. The average molecular weight is 196 g/mol. The summed E-state index contributed by atoms with van der Waals surface area (Å²) < 4.78 is 7.30. The third-order valence-corrected chi connectivity index (χ3v) is 2.23. The van der Waals surface area contributed by atoms with Gasteiger partial charge >= 0.3 is 0 Å². The van der Waals surface area contributed by atoms with Gasteiger partial charge in [-0.3, -0.25) is 4.68 Å². The van der Waals surface area contributed by atoms with Crippen LogP contribution in [0, 0.1) is 12.8 Å². The Morgan fingerprint density at radius 2 is 2.36 bits per heavy atom.